The van der Waals surface area contributed by atoms with Crippen molar-refractivity contribution < 1.29 is 14.7 Å². The van der Waals surface area contributed by atoms with Gasteiger partial charge in [-0.15, -0.1) is 0 Å². The molecule has 1 aliphatic carbocycles. The molecule has 2 aromatic rings. The van der Waals surface area contributed by atoms with Crippen LogP contribution in [0.15, 0.2) is 36.7 Å². The molecule has 4 nitrogen and oxygen atoms in total. The lowest BCUT2D eigenvalue weighted by atomic mass is 9.83. The fraction of sp³-hybridized carbons (Fsp3) is 0.231. The number of rotatable bonds is 0. The van der Waals surface area contributed by atoms with E-state index < -0.39 is 0 Å². The topological polar surface area (TPSA) is 51.0 Å². The monoisotopic (exact) mass is 229 g/mol. The van der Waals surface area contributed by atoms with Crippen LogP contribution in [0, 0.1) is 5.21 Å². The zero-order valence-electron chi connectivity index (χ0n) is 9.71. The van der Waals surface area contributed by atoms with Gasteiger partial charge in [-0.2, -0.15) is 4.73 Å². The van der Waals surface area contributed by atoms with E-state index in [0.29, 0.717) is 11.4 Å². The highest BCUT2D eigenvalue weighted by molar-refractivity contribution is 5.69. The van der Waals surface area contributed by atoms with Crippen molar-refractivity contribution in [2.24, 2.45) is 0 Å². The lowest BCUT2D eigenvalue weighted by Crippen LogP contribution is -2.38. The van der Waals surface area contributed by atoms with Crippen LogP contribution in [-0.2, 0) is 5.41 Å². The van der Waals surface area contributed by atoms with E-state index in [0.717, 1.165) is 20.6 Å². The van der Waals surface area contributed by atoms with Crippen LogP contribution < -0.4 is 9.46 Å². The van der Waals surface area contributed by atoms with E-state index in [1.165, 1.54) is 12.4 Å². The van der Waals surface area contributed by atoms with Crippen LogP contribution in [0.1, 0.15) is 25.0 Å². The third-order valence-corrected chi connectivity index (χ3v) is 3.51. The molecule has 2 aromatic heterocycles. The maximum Gasteiger partial charge on any atom is 0.333 e. The van der Waals surface area contributed by atoms with Crippen LogP contribution in [0.5, 0.6) is 0 Å². The molecule has 0 saturated carbocycles. The summed E-state index contributed by atoms with van der Waals surface area (Å²) in [6.07, 6.45) is 2.99. The molecule has 1 N–H and O–H groups in total. The van der Waals surface area contributed by atoms with Crippen molar-refractivity contribution in [3.63, 3.8) is 0 Å². The number of fused-ring (bicyclic) bond motifs is 3. The van der Waals surface area contributed by atoms with Crippen LogP contribution in [0.3, 0.4) is 0 Å². The molecule has 0 amide bonds. The lowest BCUT2D eigenvalue weighted by molar-refractivity contribution is -0.898. The molecule has 0 unspecified atom stereocenters. The van der Waals surface area contributed by atoms with E-state index in [2.05, 4.69) is 13.8 Å². The van der Waals surface area contributed by atoms with Crippen LogP contribution >= 0.6 is 0 Å². The molecular formula is C13H13N2O2+. The first-order chi connectivity index (χ1) is 8.03. The number of nitrogens with zero attached hydrogens (tertiary/aromatic N) is 2. The van der Waals surface area contributed by atoms with Crippen molar-refractivity contribution >= 4 is 0 Å². The fourth-order valence-electron chi connectivity index (χ4n) is 2.61. The molecule has 0 aliphatic heterocycles. The molecule has 0 saturated heterocycles. The van der Waals surface area contributed by atoms with Crippen LogP contribution in [0.2, 0.25) is 0 Å². The Morgan fingerprint density at radius 3 is 2.35 bits per heavy atom. The Labute approximate surface area is 98.9 Å². The largest absolute Gasteiger partial charge is 0.618 e. The summed E-state index contributed by atoms with van der Waals surface area (Å²) < 4.78 is 1.84. The zero-order valence-corrected chi connectivity index (χ0v) is 9.71. The van der Waals surface area contributed by atoms with Gasteiger partial charge < -0.3 is 5.21 Å². The second kappa shape index (κ2) is 2.97. The van der Waals surface area contributed by atoms with E-state index in [1.54, 1.807) is 12.1 Å². The minimum Gasteiger partial charge on any atom is -0.618 e. The predicted molar refractivity (Wildman–Crippen MR) is 60.3 cm³/mol. The number of hydrogen-bond donors (Lipinski definition) is 1. The number of hydrogen-bond acceptors (Lipinski definition) is 2. The van der Waals surface area contributed by atoms with Crippen LogP contribution in [0.25, 0.3) is 11.4 Å². The summed E-state index contributed by atoms with van der Waals surface area (Å²) in [6, 6.07) is 7.40. The lowest BCUT2D eigenvalue weighted by Gasteiger charge is -2.17. The maximum atomic E-state index is 11.9. The van der Waals surface area contributed by atoms with Gasteiger partial charge in [-0.1, -0.05) is 13.8 Å². The Hall–Kier alpha value is -2.10. The highest BCUT2D eigenvalue weighted by Crippen LogP contribution is 2.44. The van der Waals surface area contributed by atoms with Gasteiger partial charge in [0.05, 0.1) is 0 Å². The Balaban J connectivity index is 2.49. The van der Waals surface area contributed by atoms with Gasteiger partial charge in [-0.05, 0) is 12.1 Å². The van der Waals surface area contributed by atoms with E-state index in [4.69, 9.17) is 0 Å². The summed E-state index contributed by atoms with van der Waals surface area (Å²) >= 11 is 0. The fourth-order valence-corrected chi connectivity index (χ4v) is 2.61. The first kappa shape index (κ1) is 10.1. The number of aromatic nitrogens is 2. The molecule has 0 aromatic carbocycles. The highest BCUT2D eigenvalue weighted by atomic mass is 16.5. The van der Waals surface area contributed by atoms with E-state index in [-0.39, 0.29) is 5.41 Å². The summed E-state index contributed by atoms with van der Waals surface area (Å²) in [7, 11) is 0. The van der Waals surface area contributed by atoms with Crippen molar-refractivity contribution in [1.29, 1.82) is 0 Å². The van der Waals surface area contributed by atoms with Gasteiger partial charge >= 0.3 is 5.69 Å². The smallest absolute Gasteiger partial charge is 0.333 e. The quantitative estimate of drug-likeness (QED) is 0.418. The normalized spacial score (nSPS) is 15.4. The Kier molecular flexibility index (Phi) is 1.76. The Morgan fingerprint density at radius 1 is 1.06 bits per heavy atom. The van der Waals surface area contributed by atoms with E-state index in [1.807, 2.05) is 12.1 Å². The molecule has 3 rings (SSSR count). The number of pyridine rings is 2. The van der Waals surface area contributed by atoms with Gasteiger partial charge in [0.1, 0.15) is 0 Å². The van der Waals surface area contributed by atoms with E-state index in [9.17, 15) is 10.4 Å². The van der Waals surface area contributed by atoms with Gasteiger partial charge in [0, 0.05) is 33.4 Å². The average Bonchev–Trinajstić information content (AvgIpc) is 2.52. The average molecular weight is 229 g/mol. The first-order valence-electron chi connectivity index (χ1n) is 5.51. The molecule has 17 heavy (non-hydrogen) atoms. The molecular weight excluding hydrogens is 216 g/mol. The molecule has 0 spiro atoms. The molecule has 86 valence electrons. The van der Waals surface area contributed by atoms with Crippen molar-refractivity contribution in [3.8, 4) is 11.4 Å². The SMILES string of the molecule is CC1(C)c2ccc[n+]([O-])c2-c2c1ccc[n+]2O. The molecule has 4 heteroatoms. The van der Waals surface area contributed by atoms with Gasteiger partial charge in [0.2, 0.25) is 6.20 Å². The second-order valence-corrected chi connectivity index (χ2v) is 4.84. The van der Waals surface area contributed by atoms with Crippen molar-refractivity contribution in [2.75, 3.05) is 0 Å². The molecule has 0 bridgehead atoms. The molecule has 2 heterocycles. The van der Waals surface area contributed by atoms with Crippen LogP contribution in [0.4, 0.5) is 0 Å². The predicted octanol–water partition coefficient (Wildman–Crippen LogP) is 1.15. The molecule has 0 atom stereocenters. The highest BCUT2D eigenvalue weighted by Gasteiger charge is 2.47. The summed E-state index contributed by atoms with van der Waals surface area (Å²) in [5.74, 6) is 0. The van der Waals surface area contributed by atoms with Crippen LogP contribution in [-0.4, -0.2) is 5.21 Å². The van der Waals surface area contributed by atoms with Crippen molar-refractivity contribution in [1.82, 2.24) is 0 Å². The second-order valence-electron chi connectivity index (χ2n) is 4.84. The first-order valence-corrected chi connectivity index (χ1v) is 5.51. The van der Waals surface area contributed by atoms with Crippen molar-refractivity contribution in [3.05, 3.63) is 53.0 Å². The third-order valence-electron chi connectivity index (χ3n) is 3.51. The zero-order chi connectivity index (χ0) is 12.2. The van der Waals surface area contributed by atoms with Crippen molar-refractivity contribution in [2.45, 2.75) is 19.3 Å². The standard InChI is InChI=1S/C13H13N2O2/c1-13(2)9-5-3-7-14(16)11(9)12-10(13)6-4-8-15(12)17/h3-8,16H,1-2H3/q+1. The Bertz CT molecular complexity index is 567. The summed E-state index contributed by atoms with van der Waals surface area (Å²) in [5, 5.41) is 21.8. The molecule has 0 fully saturated rings. The van der Waals surface area contributed by atoms with Gasteiger partial charge in [0.15, 0.2) is 6.20 Å². The minimum atomic E-state index is -0.260. The summed E-state index contributed by atoms with van der Waals surface area (Å²) in [5.41, 5.74) is 2.77. The summed E-state index contributed by atoms with van der Waals surface area (Å²) in [6.45, 7) is 4.11. The molecule has 1 aliphatic rings. The Morgan fingerprint density at radius 2 is 1.65 bits per heavy atom. The van der Waals surface area contributed by atoms with Gasteiger partial charge in [-0.3, -0.25) is 5.21 Å². The summed E-state index contributed by atoms with van der Waals surface area (Å²) in [4.78, 5) is 0. The third kappa shape index (κ3) is 1.12. The minimum absolute atomic E-state index is 0.260. The molecule has 0 radical (unpaired) electrons. The van der Waals surface area contributed by atoms with E-state index >= 15 is 0 Å². The maximum absolute atomic E-state index is 11.9. The van der Waals surface area contributed by atoms with Gasteiger partial charge in [-0.25, -0.2) is 0 Å². The van der Waals surface area contributed by atoms with Gasteiger partial charge in [0.25, 0.3) is 5.69 Å².